The molecule has 0 heterocycles. The third-order valence-corrected chi connectivity index (χ3v) is 4.49. The lowest BCUT2D eigenvalue weighted by molar-refractivity contribution is 0.589. The van der Waals surface area contributed by atoms with E-state index < -0.39 is 0 Å². The van der Waals surface area contributed by atoms with Crippen molar-refractivity contribution < 1.29 is 0 Å². The molecule has 0 aliphatic heterocycles. The molecule has 0 aliphatic carbocycles. The summed E-state index contributed by atoms with van der Waals surface area (Å²) in [5.41, 5.74) is 3.81. The first-order chi connectivity index (χ1) is 9.82. The molecule has 1 unspecified atom stereocenters. The maximum absolute atomic E-state index is 6.39. The standard InChI is InChI=1S/C18H21BrClN/c1-18(2,3)13-7-5-12(6-8-13)17(21-4)15-10-9-14(19)11-16(15)20/h5-11,17,21H,1-4H3. The molecule has 0 saturated heterocycles. The summed E-state index contributed by atoms with van der Waals surface area (Å²) in [6, 6.07) is 14.9. The zero-order valence-corrected chi connectivity index (χ0v) is 15.2. The van der Waals surface area contributed by atoms with E-state index in [0.717, 1.165) is 15.1 Å². The van der Waals surface area contributed by atoms with E-state index >= 15 is 0 Å². The van der Waals surface area contributed by atoms with E-state index in [1.165, 1.54) is 11.1 Å². The van der Waals surface area contributed by atoms with Gasteiger partial charge in [0.05, 0.1) is 6.04 Å². The van der Waals surface area contributed by atoms with E-state index in [9.17, 15) is 0 Å². The molecular weight excluding hydrogens is 346 g/mol. The van der Waals surface area contributed by atoms with Crippen LogP contribution in [-0.4, -0.2) is 7.05 Å². The summed E-state index contributed by atoms with van der Waals surface area (Å²) in [6.45, 7) is 6.68. The molecule has 112 valence electrons. The van der Waals surface area contributed by atoms with Gasteiger partial charge >= 0.3 is 0 Å². The topological polar surface area (TPSA) is 12.0 Å². The van der Waals surface area contributed by atoms with Crippen molar-refractivity contribution in [3.05, 3.63) is 68.7 Å². The van der Waals surface area contributed by atoms with Crippen LogP contribution in [0.1, 0.15) is 43.5 Å². The zero-order valence-electron chi connectivity index (χ0n) is 12.9. The van der Waals surface area contributed by atoms with Gasteiger partial charge in [-0.25, -0.2) is 0 Å². The van der Waals surface area contributed by atoms with Crippen LogP contribution in [0.15, 0.2) is 46.9 Å². The van der Waals surface area contributed by atoms with Gasteiger partial charge < -0.3 is 5.32 Å². The van der Waals surface area contributed by atoms with Crippen molar-refractivity contribution in [2.24, 2.45) is 0 Å². The van der Waals surface area contributed by atoms with Crippen LogP contribution >= 0.6 is 27.5 Å². The highest BCUT2D eigenvalue weighted by molar-refractivity contribution is 9.10. The number of hydrogen-bond donors (Lipinski definition) is 1. The molecule has 21 heavy (non-hydrogen) atoms. The van der Waals surface area contributed by atoms with Crippen LogP contribution in [0.3, 0.4) is 0 Å². The molecule has 0 aliphatic rings. The monoisotopic (exact) mass is 365 g/mol. The second-order valence-electron chi connectivity index (χ2n) is 6.26. The van der Waals surface area contributed by atoms with Gasteiger partial charge in [0.1, 0.15) is 0 Å². The average molecular weight is 367 g/mol. The Morgan fingerprint density at radius 1 is 1.05 bits per heavy atom. The first-order valence-corrected chi connectivity index (χ1v) is 8.22. The zero-order chi connectivity index (χ0) is 15.6. The van der Waals surface area contributed by atoms with Crippen LogP contribution in [0.5, 0.6) is 0 Å². The van der Waals surface area contributed by atoms with Crippen LogP contribution in [0, 0.1) is 0 Å². The first-order valence-electron chi connectivity index (χ1n) is 7.05. The van der Waals surface area contributed by atoms with Gasteiger partial charge in [-0.1, -0.05) is 78.6 Å². The van der Waals surface area contributed by atoms with E-state index in [0.29, 0.717) is 0 Å². The number of benzene rings is 2. The normalized spacial score (nSPS) is 13.2. The minimum Gasteiger partial charge on any atom is -0.309 e. The van der Waals surface area contributed by atoms with Gasteiger partial charge in [-0.05, 0) is 41.3 Å². The Morgan fingerprint density at radius 2 is 1.67 bits per heavy atom. The van der Waals surface area contributed by atoms with E-state index in [2.05, 4.69) is 72.3 Å². The molecule has 0 saturated carbocycles. The van der Waals surface area contributed by atoms with Crippen molar-refractivity contribution in [1.82, 2.24) is 5.32 Å². The number of hydrogen-bond acceptors (Lipinski definition) is 1. The summed E-state index contributed by atoms with van der Waals surface area (Å²) in [4.78, 5) is 0. The van der Waals surface area contributed by atoms with Crippen molar-refractivity contribution in [2.45, 2.75) is 32.2 Å². The Labute approximate surface area is 140 Å². The highest BCUT2D eigenvalue weighted by Gasteiger charge is 2.17. The molecule has 1 atom stereocenters. The average Bonchev–Trinajstić information content (AvgIpc) is 2.41. The largest absolute Gasteiger partial charge is 0.309 e. The second kappa shape index (κ2) is 6.51. The molecule has 0 amide bonds. The van der Waals surface area contributed by atoms with Crippen molar-refractivity contribution in [2.75, 3.05) is 7.05 Å². The summed E-state index contributed by atoms with van der Waals surface area (Å²) in [7, 11) is 1.96. The molecule has 0 spiro atoms. The smallest absolute Gasteiger partial charge is 0.0589 e. The van der Waals surface area contributed by atoms with E-state index in [1.807, 2.05) is 19.2 Å². The maximum atomic E-state index is 6.39. The van der Waals surface area contributed by atoms with Gasteiger partial charge in [-0.2, -0.15) is 0 Å². The Balaban J connectivity index is 2.37. The second-order valence-corrected chi connectivity index (χ2v) is 7.58. The Morgan fingerprint density at radius 3 is 2.14 bits per heavy atom. The van der Waals surface area contributed by atoms with Crippen molar-refractivity contribution >= 4 is 27.5 Å². The summed E-state index contributed by atoms with van der Waals surface area (Å²) in [5.74, 6) is 0. The predicted octanol–water partition coefficient (Wildman–Crippen LogP) is 5.71. The molecule has 2 rings (SSSR count). The van der Waals surface area contributed by atoms with E-state index in [-0.39, 0.29) is 11.5 Å². The van der Waals surface area contributed by atoms with Gasteiger partial charge in [-0.3, -0.25) is 0 Å². The third-order valence-electron chi connectivity index (χ3n) is 3.67. The summed E-state index contributed by atoms with van der Waals surface area (Å²) < 4.78 is 0.995. The number of halogens is 2. The SMILES string of the molecule is CNC(c1ccc(C(C)(C)C)cc1)c1ccc(Br)cc1Cl. The van der Waals surface area contributed by atoms with Gasteiger partial charge in [0, 0.05) is 9.50 Å². The molecule has 0 bridgehead atoms. The summed E-state index contributed by atoms with van der Waals surface area (Å²) in [5, 5.41) is 4.12. The fourth-order valence-corrected chi connectivity index (χ4v) is 3.20. The van der Waals surface area contributed by atoms with E-state index in [1.54, 1.807) is 0 Å². The molecule has 0 fully saturated rings. The van der Waals surface area contributed by atoms with Crippen molar-refractivity contribution in [1.29, 1.82) is 0 Å². The lowest BCUT2D eigenvalue weighted by Crippen LogP contribution is -2.18. The minimum atomic E-state index is 0.0969. The van der Waals surface area contributed by atoms with Gasteiger partial charge in [0.25, 0.3) is 0 Å². The van der Waals surface area contributed by atoms with Crippen LogP contribution < -0.4 is 5.32 Å². The van der Waals surface area contributed by atoms with Crippen LogP contribution in [0.4, 0.5) is 0 Å². The van der Waals surface area contributed by atoms with Crippen molar-refractivity contribution in [3.63, 3.8) is 0 Å². The van der Waals surface area contributed by atoms with Crippen LogP contribution in [-0.2, 0) is 5.41 Å². The Hall–Kier alpha value is -0.830. The molecule has 3 heteroatoms. The molecule has 1 nitrogen and oxygen atoms in total. The van der Waals surface area contributed by atoms with Crippen LogP contribution in [0.25, 0.3) is 0 Å². The molecule has 2 aromatic rings. The summed E-state index contributed by atoms with van der Waals surface area (Å²) in [6.07, 6.45) is 0. The fourth-order valence-electron chi connectivity index (χ4n) is 2.41. The van der Waals surface area contributed by atoms with Crippen LogP contribution in [0.2, 0.25) is 5.02 Å². The lowest BCUT2D eigenvalue weighted by Gasteiger charge is -2.22. The quantitative estimate of drug-likeness (QED) is 0.733. The molecule has 1 N–H and O–H groups in total. The van der Waals surface area contributed by atoms with E-state index in [4.69, 9.17) is 11.6 Å². The summed E-state index contributed by atoms with van der Waals surface area (Å²) >= 11 is 9.84. The predicted molar refractivity (Wildman–Crippen MR) is 95.2 cm³/mol. The van der Waals surface area contributed by atoms with Crippen molar-refractivity contribution in [3.8, 4) is 0 Å². The fraction of sp³-hybridized carbons (Fsp3) is 0.333. The number of nitrogens with one attached hydrogen (secondary N) is 1. The number of rotatable bonds is 3. The lowest BCUT2D eigenvalue weighted by atomic mass is 9.86. The first kappa shape index (κ1) is 16.5. The minimum absolute atomic E-state index is 0.0969. The third kappa shape index (κ3) is 3.88. The Kier molecular flexibility index (Phi) is 5.13. The maximum Gasteiger partial charge on any atom is 0.0589 e. The highest BCUT2D eigenvalue weighted by Crippen LogP contribution is 2.31. The Bertz CT molecular complexity index is 614. The molecule has 2 aromatic carbocycles. The van der Waals surface area contributed by atoms with Gasteiger partial charge in [0.2, 0.25) is 0 Å². The molecular formula is C18H21BrClN. The molecule has 0 radical (unpaired) electrons. The molecule has 0 aromatic heterocycles. The van der Waals surface area contributed by atoms with Gasteiger partial charge in [0.15, 0.2) is 0 Å². The highest BCUT2D eigenvalue weighted by atomic mass is 79.9. The van der Waals surface area contributed by atoms with Gasteiger partial charge in [-0.15, -0.1) is 0 Å².